The van der Waals surface area contributed by atoms with Gasteiger partial charge in [0.15, 0.2) is 0 Å². The molecule has 1 saturated carbocycles. The fourth-order valence-corrected chi connectivity index (χ4v) is 5.47. The van der Waals surface area contributed by atoms with Crippen molar-refractivity contribution in [1.29, 1.82) is 0 Å². The molecule has 7 nitrogen and oxygen atoms in total. The van der Waals surface area contributed by atoms with Crippen molar-refractivity contribution in [3.8, 4) is 5.75 Å². The lowest BCUT2D eigenvalue weighted by Gasteiger charge is -2.48. The Morgan fingerprint density at radius 2 is 1.73 bits per heavy atom. The number of methoxy groups -OCH3 is 1. The number of hydrogen-bond acceptors (Lipinski definition) is 6. The Kier molecular flexibility index (Phi) is 7.15. The smallest absolute Gasteiger partial charge is 0.410 e. The van der Waals surface area contributed by atoms with E-state index in [0.29, 0.717) is 30.8 Å². The zero-order valence-electron chi connectivity index (χ0n) is 20.6. The van der Waals surface area contributed by atoms with Crippen LogP contribution in [0.25, 0.3) is 0 Å². The molecule has 1 aromatic rings. The van der Waals surface area contributed by atoms with E-state index in [1.54, 1.807) is 23.8 Å². The third-order valence-electron chi connectivity index (χ3n) is 6.62. The van der Waals surface area contributed by atoms with E-state index in [-0.39, 0.29) is 12.0 Å². The van der Waals surface area contributed by atoms with Crippen LogP contribution in [0.4, 0.5) is 4.79 Å². The normalized spacial score (nSPS) is 19.9. The summed E-state index contributed by atoms with van der Waals surface area (Å²) < 4.78 is 11.0. The molecule has 0 aromatic heterocycles. The molecule has 2 heterocycles. The lowest BCUT2D eigenvalue weighted by atomic mass is 10.0. The first kappa shape index (κ1) is 24.2. The number of carbonyl (C=O) groups is 2. The van der Waals surface area contributed by atoms with Crippen LogP contribution in [0.2, 0.25) is 0 Å². The fraction of sp³-hybridized carbons (Fsp3) is 0.680. The van der Waals surface area contributed by atoms with Crippen LogP contribution in [-0.4, -0.2) is 90.5 Å². The number of aryl methyl sites for hydroxylation is 1. The SMILES string of the molecule is COc1cc(C)c(C2CC2)cc1SCC(=O)N1CCN(C2CN(C(=O)OC(C)(C)C)C2)CC1. The largest absolute Gasteiger partial charge is 0.496 e. The van der Waals surface area contributed by atoms with E-state index in [2.05, 4.69) is 24.0 Å². The van der Waals surface area contributed by atoms with Gasteiger partial charge in [-0.1, -0.05) is 0 Å². The van der Waals surface area contributed by atoms with Gasteiger partial charge in [-0.15, -0.1) is 11.8 Å². The Morgan fingerprint density at radius 3 is 2.30 bits per heavy atom. The predicted molar refractivity (Wildman–Crippen MR) is 130 cm³/mol. The third-order valence-corrected chi connectivity index (χ3v) is 7.64. The molecule has 0 N–H and O–H groups in total. The number of nitrogens with zero attached hydrogens (tertiary/aromatic N) is 3. The molecule has 2 saturated heterocycles. The predicted octanol–water partition coefficient (Wildman–Crippen LogP) is 3.74. The molecule has 0 bridgehead atoms. The Morgan fingerprint density at radius 1 is 1.06 bits per heavy atom. The van der Waals surface area contributed by atoms with Crippen molar-refractivity contribution >= 4 is 23.8 Å². The van der Waals surface area contributed by atoms with E-state index in [0.717, 1.165) is 36.8 Å². The maximum absolute atomic E-state index is 12.9. The average molecular weight is 476 g/mol. The highest BCUT2D eigenvalue weighted by molar-refractivity contribution is 8.00. The first-order chi connectivity index (χ1) is 15.6. The molecule has 3 aliphatic rings. The van der Waals surface area contributed by atoms with Gasteiger partial charge >= 0.3 is 6.09 Å². The number of rotatable bonds is 6. The quantitative estimate of drug-likeness (QED) is 0.584. The van der Waals surface area contributed by atoms with Crippen molar-refractivity contribution in [2.45, 2.75) is 63.0 Å². The molecule has 0 spiro atoms. The molecule has 0 unspecified atom stereocenters. The van der Waals surface area contributed by atoms with Crippen molar-refractivity contribution in [2.24, 2.45) is 0 Å². The Hall–Kier alpha value is -1.93. The highest BCUT2D eigenvalue weighted by Crippen LogP contribution is 2.44. The van der Waals surface area contributed by atoms with Gasteiger partial charge in [0.05, 0.1) is 17.8 Å². The highest BCUT2D eigenvalue weighted by atomic mass is 32.2. The molecule has 182 valence electrons. The second-order valence-corrected chi connectivity index (χ2v) is 11.4. The second-order valence-electron chi connectivity index (χ2n) is 10.4. The first-order valence-corrected chi connectivity index (χ1v) is 12.9. The van der Waals surface area contributed by atoms with Crippen LogP contribution in [0, 0.1) is 6.92 Å². The summed E-state index contributed by atoms with van der Waals surface area (Å²) >= 11 is 1.58. The number of amides is 2. The molecule has 0 atom stereocenters. The van der Waals surface area contributed by atoms with Gasteiger partial charge < -0.3 is 19.3 Å². The van der Waals surface area contributed by atoms with E-state index in [1.807, 2.05) is 25.7 Å². The van der Waals surface area contributed by atoms with Gasteiger partial charge in [0.1, 0.15) is 11.4 Å². The average Bonchev–Trinajstić information content (AvgIpc) is 3.55. The molecule has 1 aliphatic carbocycles. The van der Waals surface area contributed by atoms with Crippen LogP contribution in [-0.2, 0) is 9.53 Å². The van der Waals surface area contributed by atoms with Crippen molar-refractivity contribution in [3.63, 3.8) is 0 Å². The van der Waals surface area contributed by atoms with E-state index < -0.39 is 5.60 Å². The van der Waals surface area contributed by atoms with Crippen molar-refractivity contribution < 1.29 is 19.1 Å². The number of likely N-dealkylation sites (tertiary alicyclic amines) is 1. The zero-order valence-corrected chi connectivity index (χ0v) is 21.4. The van der Waals surface area contributed by atoms with Crippen LogP contribution in [0.5, 0.6) is 5.75 Å². The van der Waals surface area contributed by atoms with Crippen LogP contribution in [0.15, 0.2) is 17.0 Å². The minimum atomic E-state index is -0.464. The number of benzene rings is 1. The standard InChI is InChI=1S/C25H37N3O4S/c1-17-12-21(31-5)22(13-20(17)18-6-7-18)33-16-23(29)27-10-8-26(9-11-27)19-14-28(15-19)24(30)32-25(2,3)4/h12-13,18-19H,6-11,14-16H2,1-5H3. The van der Waals surface area contributed by atoms with E-state index in [9.17, 15) is 9.59 Å². The van der Waals surface area contributed by atoms with Crippen LogP contribution < -0.4 is 4.74 Å². The number of carbonyl (C=O) groups excluding carboxylic acids is 2. The third kappa shape index (κ3) is 5.96. The number of ether oxygens (including phenoxy) is 2. The van der Waals surface area contributed by atoms with Crippen molar-refractivity contribution in [2.75, 3.05) is 52.1 Å². The molecule has 0 radical (unpaired) electrons. The number of thioether (sulfide) groups is 1. The Balaban J connectivity index is 1.22. The Labute approximate surface area is 201 Å². The topological polar surface area (TPSA) is 62.3 Å². The number of piperazine rings is 1. The summed E-state index contributed by atoms with van der Waals surface area (Å²) in [7, 11) is 1.70. The Bertz CT molecular complexity index is 882. The summed E-state index contributed by atoms with van der Waals surface area (Å²) in [5.74, 6) is 2.15. The fourth-order valence-electron chi connectivity index (χ4n) is 4.51. The zero-order chi connectivity index (χ0) is 23.8. The van der Waals surface area contributed by atoms with Crippen molar-refractivity contribution in [1.82, 2.24) is 14.7 Å². The summed E-state index contributed by atoms with van der Waals surface area (Å²) in [4.78, 5) is 32.2. The van der Waals surface area contributed by atoms with Crippen LogP contribution in [0.3, 0.4) is 0 Å². The molecule has 2 amide bonds. The minimum Gasteiger partial charge on any atom is -0.496 e. The number of hydrogen-bond donors (Lipinski definition) is 0. The van der Waals surface area contributed by atoms with E-state index >= 15 is 0 Å². The van der Waals surface area contributed by atoms with Gasteiger partial charge in [0.2, 0.25) is 5.91 Å². The van der Waals surface area contributed by atoms with Gasteiger partial charge in [-0.05, 0) is 69.7 Å². The lowest BCUT2D eigenvalue weighted by Crippen LogP contribution is -2.65. The van der Waals surface area contributed by atoms with Gasteiger partial charge in [-0.2, -0.15) is 0 Å². The van der Waals surface area contributed by atoms with Crippen LogP contribution >= 0.6 is 11.8 Å². The first-order valence-electron chi connectivity index (χ1n) is 12.0. The monoisotopic (exact) mass is 475 g/mol. The molecule has 4 rings (SSSR count). The van der Waals surface area contributed by atoms with Crippen molar-refractivity contribution in [3.05, 3.63) is 23.3 Å². The summed E-state index contributed by atoms with van der Waals surface area (Å²) in [6.45, 7) is 12.4. The summed E-state index contributed by atoms with van der Waals surface area (Å²) in [5.41, 5.74) is 2.22. The molecule has 1 aromatic carbocycles. The molecule has 8 heteroatoms. The second kappa shape index (κ2) is 9.74. The van der Waals surface area contributed by atoms with Crippen LogP contribution in [0.1, 0.15) is 50.7 Å². The molecule has 3 fully saturated rings. The molecule has 33 heavy (non-hydrogen) atoms. The summed E-state index contributed by atoms with van der Waals surface area (Å²) in [5, 5.41) is 0. The molecule has 2 aliphatic heterocycles. The molecular formula is C25H37N3O4S. The minimum absolute atomic E-state index is 0.180. The van der Waals surface area contributed by atoms with E-state index in [1.165, 1.54) is 24.0 Å². The lowest BCUT2D eigenvalue weighted by molar-refractivity contribution is -0.130. The van der Waals surface area contributed by atoms with Gasteiger partial charge in [-0.25, -0.2) is 4.79 Å². The molecular weight excluding hydrogens is 438 g/mol. The van der Waals surface area contributed by atoms with Gasteiger partial charge in [-0.3, -0.25) is 9.69 Å². The maximum atomic E-state index is 12.9. The van der Waals surface area contributed by atoms with Gasteiger partial charge in [0, 0.05) is 45.3 Å². The van der Waals surface area contributed by atoms with E-state index in [4.69, 9.17) is 9.47 Å². The summed E-state index contributed by atoms with van der Waals surface area (Å²) in [6.07, 6.45) is 2.29. The maximum Gasteiger partial charge on any atom is 0.410 e. The summed E-state index contributed by atoms with van der Waals surface area (Å²) in [6, 6.07) is 4.70. The highest BCUT2D eigenvalue weighted by Gasteiger charge is 2.38. The van der Waals surface area contributed by atoms with Gasteiger partial charge in [0.25, 0.3) is 0 Å².